The summed E-state index contributed by atoms with van der Waals surface area (Å²) in [5, 5.41) is 10.3. The molecule has 132 valence electrons. The predicted octanol–water partition coefficient (Wildman–Crippen LogP) is 2.85. The number of amides is 1. The van der Waals surface area contributed by atoms with E-state index >= 15 is 0 Å². The Bertz CT molecular complexity index is 1000. The average molecular weight is 347 g/mol. The minimum absolute atomic E-state index is 0.0163. The standard InChI is InChI=1S/C21H21N3O2/c1-2-17(15-11-13-7-3-4-8-14(13)12-15)22-21(26)19-20(25)16-9-5-6-10-18(16)23-24-19/h3-10,15,17H,2,11-12H2,1H3,(H,22,26)(H,23,25). The molecule has 2 aromatic carbocycles. The number of carbonyl (C=O) groups excluding carboxylic acids is 1. The Balaban J connectivity index is 1.56. The number of para-hydroxylation sites is 1. The van der Waals surface area contributed by atoms with E-state index in [0.717, 1.165) is 19.3 Å². The maximum Gasteiger partial charge on any atom is 0.276 e. The van der Waals surface area contributed by atoms with Crippen LogP contribution >= 0.6 is 0 Å². The molecule has 1 amide bonds. The molecular formula is C21H21N3O2. The third-order valence-corrected chi connectivity index (χ3v) is 5.30. The number of rotatable bonds is 4. The summed E-state index contributed by atoms with van der Waals surface area (Å²) in [5.74, 6) is -0.0549. The Labute approximate surface area is 151 Å². The lowest BCUT2D eigenvalue weighted by Gasteiger charge is -2.23. The van der Waals surface area contributed by atoms with Gasteiger partial charge in [0.25, 0.3) is 5.91 Å². The SMILES string of the molecule is CCC(NC(=O)c1n[nH]c2ccccc2c1=O)C1Cc2ccccc2C1. The Morgan fingerprint density at radius 3 is 2.50 bits per heavy atom. The summed E-state index contributed by atoms with van der Waals surface area (Å²) in [6.45, 7) is 2.06. The Morgan fingerprint density at radius 1 is 1.15 bits per heavy atom. The summed E-state index contributed by atoms with van der Waals surface area (Å²) in [5.41, 5.74) is 2.94. The fourth-order valence-corrected chi connectivity index (χ4v) is 3.89. The smallest absolute Gasteiger partial charge is 0.276 e. The first kappa shape index (κ1) is 16.5. The van der Waals surface area contributed by atoms with Crippen molar-refractivity contribution in [3.8, 4) is 0 Å². The zero-order valence-corrected chi connectivity index (χ0v) is 14.7. The van der Waals surface area contributed by atoms with E-state index in [9.17, 15) is 9.59 Å². The molecule has 4 rings (SSSR count). The molecule has 1 heterocycles. The van der Waals surface area contributed by atoms with Crippen molar-refractivity contribution in [1.29, 1.82) is 0 Å². The molecule has 0 aliphatic heterocycles. The summed E-state index contributed by atoms with van der Waals surface area (Å²) in [4.78, 5) is 25.3. The van der Waals surface area contributed by atoms with Crippen molar-refractivity contribution in [1.82, 2.24) is 15.5 Å². The molecule has 2 N–H and O–H groups in total. The highest BCUT2D eigenvalue weighted by atomic mass is 16.2. The number of H-pyrrole nitrogens is 1. The van der Waals surface area contributed by atoms with Crippen LogP contribution < -0.4 is 10.7 Å². The predicted molar refractivity (Wildman–Crippen MR) is 101 cm³/mol. The number of benzene rings is 2. The first-order chi connectivity index (χ1) is 12.7. The summed E-state index contributed by atoms with van der Waals surface area (Å²) < 4.78 is 0. The number of hydrogen-bond donors (Lipinski definition) is 2. The van der Waals surface area contributed by atoms with E-state index in [0.29, 0.717) is 16.8 Å². The summed E-state index contributed by atoms with van der Waals surface area (Å²) in [7, 11) is 0. The number of fused-ring (bicyclic) bond motifs is 2. The second kappa shape index (κ2) is 6.75. The lowest BCUT2D eigenvalue weighted by atomic mass is 9.94. The minimum atomic E-state index is -0.403. The molecule has 0 fully saturated rings. The van der Waals surface area contributed by atoms with Gasteiger partial charge in [-0.25, -0.2) is 0 Å². The van der Waals surface area contributed by atoms with Crippen LogP contribution in [-0.2, 0) is 12.8 Å². The Morgan fingerprint density at radius 2 is 1.81 bits per heavy atom. The van der Waals surface area contributed by atoms with Gasteiger partial charge in [-0.05, 0) is 48.4 Å². The molecule has 5 nitrogen and oxygen atoms in total. The van der Waals surface area contributed by atoms with Gasteiger partial charge in [-0.1, -0.05) is 43.3 Å². The molecule has 26 heavy (non-hydrogen) atoms. The van der Waals surface area contributed by atoms with E-state index in [1.54, 1.807) is 18.2 Å². The number of nitrogens with zero attached hydrogens (tertiary/aromatic N) is 1. The average Bonchev–Trinajstić information content (AvgIpc) is 3.10. The second-order valence-corrected chi connectivity index (χ2v) is 6.87. The maximum atomic E-state index is 12.7. The van der Waals surface area contributed by atoms with E-state index in [4.69, 9.17) is 0 Å². The molecule has 1 unspecified atom stereocenters. The van der Waals surface area contributed by atoms with Crippen molar-refractivity contribution in [2.45, 2.75) is 32.2 Å². The fourth-order valence-electron chi connectivity index (χ4n) is 3.89. The molecule has 0 radical (unpaired) electrons. The maximum absolute atomic E-state index is 12.7. The first-order valence-electron chi connectivity index (χ1n) is 9.02. The number of aromatic amines is 1. The fraction of sp³-hybridized carbons (Fsp3) is 0.286. The van der Waals surface area contributed by atoms with Crippen molar-refractivity contribution in [2.75, 3.05) is 0 Å². The highest BCUT2D eigenvalue weighted by molar-refractivity contribution is 5.95. The topological polar surface area (TPSA) is 74.8 Å². The molecule has 0 saturated heterocycles. The molecule has 1 atom stereocenters. The molecule has 3 aromatic rings. The monoisotopic (exact) mass is 347 g/mol. The summed E-state index contributed by atoms with van der Waals surface area (Å²) in [6, 6.07) is 15.5. The van der Waals surface area contributed by atoms with Gasteiger partial charge < -0.3 is 5.32 Å². The third-order valence-electron chi connectivity index (χ3n) is 5.30. The molecule has 0 spiro atoms. The van der Waals surface area contributed by atoms with Gasteiger partial charge in [-0.3, -0.25) is 14.7 Å². The molecule has 1 aliphatic rings. The lowest BCUT2D eigenvalue weighted by Crippen LogP contribution is -2.42. The lowest BCUT2D eigenvalue weighted by molar-refractivity contribution is 0.0914. The van der Waals surface area contributed by atoms with Gasteiger partial charge in [0.1, 0.15) is 0 Å². The third kappa shape index (κ3) is 2.90. The van der Waals surface area contributed by atoms with Gasteiger partial charge in [0.05, 0.1) is 5.52 Å². The van der Waals surface area contributed by atoms with Crippen LogP contribution in [0.1, 0.15) is 35.0 Å². The number of aromatic nitrogens is 2. The van der Waals surface area contributed by atoms with Crippen LogP contribution in [0.5, 0.6) is 0 Å². The van der Waals surface area contributed by atoms with Gasteiger partial charge in [-0.15, -0.1) is 0 Å². The van der Waals surface area contributed by atoms with Gasteiger partial charge >= 0.3 is 0 Å². The molecule has 1 aromatic heterocycles. The molecule has 0 saturated carbocycles. The Hall–Kier alpha value is -2.95. The molecule has 5 heteroatoms. The summed E-state index contributed by atoms with van der Waals surface area (Å²) >= 11 is 0. The highest BCUT2D eigenvalue weighted by Crippen LogP contribution is 2.29. The van der Waals surface area contributed by atoms with Crippen LogP contribution in [0.25, 0.3) is 10.9 Å². The second-order valence-electron chi connectivity index (χ2n) is 6.87. The van der Waals surface area contributed by atoms with Crippen molar-refractivity contribution in [3.63, 3.8) is 0 Å². The first-order valence-corrected chi connectivity index (χ1v) is 9.02. The van der Waals surface area contributed by atoms with Crippen molar-refractivity contribution in [2.24, 2.45) is 5.92 Å². The van der Waals surface area contributed by atoms with E-state index < -0.39 is 5.91 Å². The van der Waals surface area contributed by atoms with Crippen molar-refractivity contribution in [3.05, 3.63) is 75.6 Å². The van der Waals surface area contributed by atoms with E-state index in [-0.39, 0.29) is 17.2 Å². The van der Waals surface area contributed by atoms with E-state index in [1.165, 1.54) is 11.1 Å². The largest absolute Gasteiger partial charge is 0.347 e. The van der Waals surface area contributed by atoms with Crippen LogP contribution in [0.15, 0.2) is 53.3 Å². The van der Waals surface area contributed by atoms with E-state index in [1.807, 2.05) is 6.07 Å². The van der Waals surface area contributed by atoms with Crippen molar-refractivity contribution < 1.29 is 4.79 Å². The molecule has 1 aliphatic carbocycles. The van der Waals surface area contributed by atoms with Crippen LogP contribution in [0.2, 0.25) is 0 Å². The van der Waals surface area contributed by atoms with Gasteiger partial charge in [0, 0.05) is 11.4 Å². The van der Waals surface area contributed by atoms with Crippen LogP contribution in [0, 0.1) is 5.92 Å². The van der Waals surface area contributed by atoms with Gasteiger partial charge in [0.2, 0.25) is 5.43 Å². The van der Waals surface area contributed by atoms with E-state index in [2.05, 4.69) is 46.7 Å². The van der Waals surface area contributed by atoms with Crippen LogP contribution in [0.3, 0.4) is 0 Å². The number of hydrogen-bond acceptors (Lipinski definition) is 3. The van der Waals surface area contributed by atoms with Crippen LogP contribution in [-0.4, -0.2) is 22.1 Å². The van der Waals surface area contributed by atoms with Gasteiger partial charge in [-0.2, -0.15) is 5.10 Å². The highest BCUT2D eigenvalue weighted by Gasteiger charge is 2.29. The Kier molecular flexibility index (Phi) is 4.29. The molecule has 0 bridgehead atoms. The molecular weight excluding hydrogens is 326 g/mol. The quantitative estimate of drug-likeness (QED) is 0.762. The van der Waals surface area contributed by atoms with Crippen molar-refractivity contribution >= 4 is 16.8 Å². The minimum Gasteiger partial charge on any atom is -0.347 e. The zero-order chi connectivity index (χ0) is 18.1. The number of nitrogens with one attached hydrogen (secondary N) is 2. The number of carbonyl (C=O) groups is 1. The van der Waals surface area contributed by atoms with Gasteiger partial charge in [0.15, 0.2) is 5.69 Å². The zero-order valence-electron chi connectivity index (χ0n) is 14.7. The van der Waals surface area contributed by atoms with Crippen LogP contribution in [0.4, 0.5) is 0 Å². The normalized spacial score (nSPS) is 15.0. The summed E-state index contributed by atoms with van der Waals surface area (Å²) in [6.07, 6.45) is 2.73.